The van der Waals surface area contributed by atoms with Crippen LogP contribution in [-0.4, -0.2) is 23.2 Å². The number of halogens is 2. The van der Waals surface area contributed by atoms with E-state index in [4.69, 9.17) is 20.9 Å². The van der Waals surface area contributed by atoms with Gasteiger partial charge in [0.1, 0.15) is 17.3 Å². The van der Waals surface area contributed by atoms with Crippen molar-refractivity contribution in [3.8, 4) is 0 Å². The summed E-state index contributed by atoms with van der Waals surface area (Å²) in [5, 5.41) is 6.70. The van der Waals surface area contributed by atoms with Crippen LogP contribution in [0, 0.1) is 5.82 Å². The molecule has 1 N–H and O–H groups in total. The van der Waals surface area contributed by atoms with Gasteiger partial charge in [-0.15, -0.1) is 11.3 Å². The molecule has 3 rings (SSSR count). The molecule has 0 aliphatic heterocycles. The number of thiophene rings is 1. The number of ether oxygens (including phenoxy) is 1. The number of methoxy groups -OCH3 is 1. The van der Waals surface area contributed by atoms with Gasteiger partial charge in [0.15, 0.2) is 5.82 Å². The molecule has 6 nitrogen and oxygen atoms in total. The molecule has 0 unspecified atom stereocenters. The molecule has 0 saturated heterocycles. The second kappa shape index (κ2) is 6.61. The van der Waals surface area contributed by atoms with E-state index in [1.165, 1.54) is 13.2 Å². The fourth-order valence-electron chi connectivity index (χ4n) is 2.00. The molecule has 1 amide bonds. The van der Waals surface area contributed by atoms with Gasteiger partial charge >= 0.3 is 0 Å². The van der Waals surface area contributed by atoms with Gasteiger partial charge in [0, 0.05) is 17.2 Å². The Balaban J connectivity index is 1.75. The molecule has 0 spiro atoms. The Bertz CT molecular complexity index is 864. The third-order valence-electron chi connectivity index (χ3n) is 3.00. The summed E-state index contributed by atoms with van der Waals surface area (Å²) in [6, 6.07) is 4.59. The molecular formula is C14H11ClFN3O3S. The van der Waals surface area contributed by atoms with Crippen molar-refractivity contribution in [3.63, 3.8) is 0 Å². The fourth-order valence-corrected chi connectivity index (χ4v) is 3.47. The van der Waals surface area contributed by atoms with Crippen molar-refractivity contribution in [2.45, 2.75) is 13.2 Å². The molecule has 0 saturated carbocycles. The van der Waals surface area contributed by atoms with Gasteiger partial charge in [-0.25, -0.2) is 4.39 Å². The number of hydrogen-bond donors (Lipinski definition) is 1. The van der Waals surface area contributed by atoms with E-state index >= 15 is 0 Å². The second-order valence-electron chi connectivity index (χ2n) is 4.58. The Kier molecular flexibility index (Phi) is 4.56. The standard InChI is InChI=1S/C14H11ClFN3O3S/c1-21-6-10-18-9(19-22-10)5-17-14(20)13-12(15)11-7(16)3-2-4-8(11)23-13/h2-4H,5-6H2,1H3,(H,17,20). The Morgan fingerprint density at radius 2 is 2.35 bits per heavy atom. The van der Waals surface area contributed by atoms with Gasteiger partial charge < -0.3 is 14.6 Å². The van der Waals surface area contributed by atoms with E-state index in [1.807, 2.05) is 0 Å². The topological polar surface area (TPSA) is 77.2 Å². The van der Waals surface area contributed by atoms with Gasteiger partial charge in [0.05, 0.1) is 11.6 Å². The summed E-state index contributed by atoms with van der Waals surface area (Å²) in [4.78, 5) is 16.5. The van der Waals surface area contributed by atoms with Crippen LogP contribution >= 0.6 is 22.9 Å². The Morgan fingerprint density at radius 3 is 3.09 bits per heavy atom. The van der Waals surface area contributed by atoms with Crippen molar-refractivity contribution in [1.29, 1.82) is 0 Å². The maximum Gasteiger partial charge on any atom is 0.263 e. The number of carbonyl (C=O) groups is 1. The fraction of sp³-hybridized carbons (Fsp3) is 0.214. The first-order chi connectivity index (χ1) is 11.1. The number of nitrogens with zero attached hydrogens (tertiary/aromatic N) is 2. The van der Waals surface area contributed by atoms with E-state index in [2.05, 4.69) is 15.5 Å². The van der Waals surface area contributed by atoms with Crippen LogP contribution in [0.25, 0.3) is 10.1 Å². The monoisotopic (exact) mass is 355 g/mol. The molecule has 0 radical (unpaired) electrons. The van der Waals surface area contributed by atoms with Crippen LogP contribution in [0.1, 0.15) is 21.4 Å². The van der Waals surface area contributed by atoms with Crippen LogP contribution in [0.5, 0.6) is 0 Å². The van der Waals surface area contributed by atoms with Crippen LogP contribution in [0.4, 0.5) is 4.39 Å². The minimum atomic E-state index is -0.454. The molecule has 120 valence electrons. The van der Waals surface area contributed by atoms with Crippen LogP contribution in [-0.2, 0) is 17.9 Å². The minimum Gasteiger partial charge on any atom is -0.375 e. The van der Waals surface area contributed by atoms with E-state index < -0.39 is 11.7 Å². The van der Waals surface area contributed by atoms with Gasteiger partial charge in [-0.3, -0.25) is 4.79 Å². The number of aromatic nitrogens is 2. The highest BCUT2D eigenvalue weighted by Crippen LogP contribution is 2.36. The SMILES string of the molecule is COCc1nc(CNC(=O)c2sc3cccc(F)c3c2Cl)no1. The molecule has 0 bridgehead atoms. The number of rotatable bonds is 5. The molecule has 2 aromatic heterocycles. The molecular weight excluding hydrogens is 345 g/mol. The highest BCUT2D eigenvalue weighted by molar-refractivity contribution is 7.21. The number of fused-ring (bicyclic) bond motifs is 1. The number of carbonyl (C=O) groups excluding carboxylic acids is 1. The van der Waals surface area contributed by atoms with Gasteiger partial charge in [-0.2, -0.15) is 4.98 Å². The molecule has 0 fully saturated rings. The summed E-state index contributed by atoms with van der Waals surface area (Å²) in [7, 11) is 1.51. The molecule has 2 heterocycles. The van der Waals surface area contributed by atoms with Crippen molar-refractivity contribution in [3.05, 3.63) is 45.6 Å². The summed E-state index contributed by atoms with van der Waals surface area (Å²) in [6.45, 7) is 0.265. The molecule has 9 heteroatoms. The van der Waals surface area contributed by atoms with Crippen molar-refractivity contribution in [2.24, 2.45) is 0 Å². The van der Waals surface area contributed by atoms with Crippen LogP contribution in [0.3, 0.4) is 0 Å². The van der Waals surface area contributed by atoms with Gasteiger partial charge in [0.2, 0.25) is 0 Å². The largest absolute Gasteiger partial charge is 0.375 e. The lowest BCUT2D eigenvalue weighted by atomic mass is 10.2. The average Bonchev–Trinajstić information content (AvgIpc) is 3.11. The molecule has 3 aromatic rings. The zero-order valence-electron chi connectivity index (χ0n) is 11.9. The van der Waals surface area contributed by atoms with E-state index in [-0.39, 0.29) is 28.4 Å². The van der Waals surface area contributed by atoms with Crippen molar-refractivity contribution in [1.82, 2.24) is 15.5 Å². The normalized spacial score (nSPS) is 11.1. The minimum absolute atomic E-state index is 0.0686. The zero-order valence-corrected chi connectivity index (χ0v) is 13.5. The maximum atomic E-state index is 13.8. The first-order valence-corrected chi connectivity index (χ1v) is 7.74. The average molecular weight is 356 g/mol. The summed E-state index contributed by atoms with van der Waals surface area (Å²) in [6.07, 6.45) is 0. The second-order valence-corrected chi connectivity index (χ2v) is 6.01. The highest BCUT2D eigenvalue weighted by atomic mass is 35.5. The zero-order chi connectivity index (χ0) is 16.4. The molecule has 23 heavy (non-hydrogen) atoms. The third kappa shape index (κ3) is 3.19. The smallest absolute Gasteiger partial charge is 0.263 e. The lowest BCUT2D eigenvalue weighted by Crippen LogP contribution is -2.22. The number of hydrogen-bond acceptors (Lipinski definition) is 6. The van der Waals surface area contributed by atoms with Crippen LogP contribution in [0.15, 0.2) is 22.7 Å². The van der Waals surface area contributed by atoms with Crippen molar-refractivity contribution in [2.75, 3.05) is 7.11 Å². The van der Waals surface area contributed by atoms with Gasteiger partial charge in [-0.1, -0.05) is 22.8 Å². The van der Waals surface area contributed by atoms with Crippen LogP contribution < -0.4 is 5.32 Å². The lowest BCUT2D eigenvalue weighted by Gasteiger charge is -2.00. The van der Waals surface area contributed by atoms with Crippen molar-refractivity contribution < 1.29 is 18.4 Å². The third-order valence-corrected chi connectivity index (χ3v) is 4.64. The van der Waals surface area contributed by atoms with Gasteiger partial charge in [-0.05, 0) is 12.1 Å². The predicted molar refractivity (Wildman–Crippen MR) is 83.0 cm³/mol. The van der Waals surface area contributed by atoms with E-state index in [1.54, 1.807) is 12.1 Å². The van der Waals surface area contributed by atoms with Crippen molar-refractivity contribution >= 4 is 38.9 Å². The molecule has 0 aliphatic rings. The molecule has 0 atom stereocenters. The summed E-state index contributed by atoms with van der Waals surface area (Å²) < 4.78 is 24.2. The first kappa shape index (κ1) is 15.9. The molecule has 0 aliphatic carbocycles. The Labute approximate surface area is 139 Å². The van der Waals surface area contributed by atoms with Gasteiger partial charge in [0.25, 0.3) is 11.8 Å². The Morgan fingerprint density at radius 1 is 1.52 bits per heavy atom. The lowest BCUT2D eigenvalue weighted by molar-refractivity contribution is 0.0954. The summed E-state index contributed by atoms with van der Waals surface area (Å²) >= 11 is 7.25. The van der Waals surface area contributed by atoms with E-state index in [9.17, 15) is 9.18 Å². The summed E-state index contributed by atoms with van der Waals surface area (Å²) in [5.74, 6) is -0.244. The predicted octanol–water partition coefficient (Wildman–Crippen LogP) is 3.15. The quantitative estimate of drug-likeness (QED) is 0.760. The Hall–Kier alpha value is -2.03. The highest BCUT2D eigenvalue weighted by Gasteiger charge is 2.19. The maximum absolute atomic E-state index is 13.8. The number of benzene rings is 1. The van der Waals surface area contributed by atoms with E-state index in [0.717, 1.165) is 11.3 Å². The number of amides is 1. The first-order valence-electron chi connectivity index (χ1n) is 6.55. The molecule has 1 aromatic carbocycles. The summed E-state index contributed by atoms with van der Waals surface area (Å²) in [5.41, 5.74) is 0. The van der Waals surface area contributed by atoms with E-state index in [0.29, 0.717) is 16.4 Å². The number of nitrogens with one attached hydrogen (secondary N) is 1. The van der Waals surface area contributed by atoms with Crippen LogP contribution in [0.2, 0.25) is 5.02 Å².